The zero-order chi connectivity index (χ0) is 17.8. The molecule has 0 aromatic heterocycles. The average molecular weight is 413 g/mol. The van der Waals surface area contributed by atoms with Crippen LogP contribution in [-0.2, 0) is 0 Å². The van der Waals surface area contributed by atoms with Gasteiger partial charge in [0, 0.05) is 35.3 Å². The number of rotatable bonds is 4. The van der Waals surface area contributed by atoms with Crippen molar-refractivity contribution in [2.45, 2.75) is 56.5 Å². The first kappa shape index (κ1) is 18.1. The molecule has 0 spiro atoms. The molecule has 0 radical (unpaired) electrons. The molecule has 138 valence electrons. The molecule has 1 aliphatic carbocycles. The molecule has 2 fully saturated rings. The fraction of sp³-hybridized carbons (Fsp3) is 0.478. The Labute approximate surface area is 166 Å². The second-order valence-corrected chi connectivity index (χ2v) is 8.70. The van der Waals surface area contributed by atoms with Gasteiger partial charge in [-0.25, -0.2) is 0 Å². The molecule has 1 heterocycles. The zero-order valence-corrected chi connectivity index (χ0v) is 17.0. The van der Waals surface area contributed by atoms with Crippen molar-refractivity contribution in [1.82, 2.24) is 4.90 Å². The minimum atomic E-state index is 0.602. The Morgan fingerprint density at radius 2 is 1.42 bits per heavy atom. The molecular weight excluding hydrogens is 384 g/mol. The van der Waals surface area contributed by atoms with Gasteiger partial charge in [-0.05, 0) is 78.1 Å². The summed E-state index contributed by atoms with van der Waals surface area (Å²) in [6.07, 6.45) is 7.93. The molecule has 0 bridgehead atoms. The molecule has 1 saturated carbocycles. The van der Waals surface area contributed by atoms with Crippen LogP contribution in [0.5, 0.6) is 0 Å². The van der Waals surface area contributed by atoms with Crippen molar-refractivity contribution in [1.29, 1.82) is 0 Å². The van der Waals surface area contributed by atoms with Crippen LogP contribution in [0, 0.1) is 0 Å². The van der Waals surface area contributed by atoms with Gasteiger partial charge in [0.25, 0.3) is 0 Å². The Morgan fingerprint density at radius 3 is 2.12 bits per heavy atom. The fourth-order valence-corrected chi connectivity index (χ4v) is 5.11. The molecule has 1 saturated heterocycles. The summed E-state index contributed by atoms with van der Waals surface area (Å²) in [6.45, 7) is 2.48. The van der Waals surface area contributed by atoms with E-state index >= 15 is 0 Å². The largest absolute Gasteiger partial charge is 0.381 e. The van der Waals surface area contributed by atoms with E-state index in [1.54, 1.807) is 5.56 Å². The second-order valence-electron chi connectivity index (χ2n) is 7.85. The van der Waals surface area contributed by atoms with Crippen molar-refractivity contribution in [3.8, 4) is 0 Å². The highest BCUT2D eigenvalue weighted by Gasteiger charge is 2.29. The Kier molecular flexibility index (Phi) is 5.96. The summed E-state index contributed by atoms with van der Waals surface area (Å²) >= 11 is 3.65. The smallest absolute Gasteiger partial charge is 0.0486 e. The molecule has 1 aliphatic heterocycles. The van der Waals surface area contributed by atoms with Crippen molar-refractivity contribution in [3.05, 3.63) is 64.6 Å². The molecular formula is C23H29BrN2. The van der Waals surface area contributed by atoms with Gasteiger partial charge in [-0.3, -0.25) is 0 Å². The number of halogens is 1. The summed E-state index contributed by atoms with van der Waals surface area (Å²) in [5, 5.41) is 3.73. The van der Waals surface area contributed by atoms with Crippen molar-refractivity contribution in [2.75, 3.05) is 18.4 Å². The van der Waals surface area contributed by atoms with Gasteiger partial charge in [0.15, 0.2) is 0 Å². The fourth-order valence-electron chi connectivity index (χ4n) is 4.71. The SMILES string of the molecule is Brc1ccccc1NC1CCN(C2CCC(c3ccccc3)CC2)CC1. The maximum atomic E-state index is 3.73. The quantitative estimate of drug-likeness (QED) is 0.656. The molecule has 0 unspecified atom stereocenters. The molecule has 0 atom stereocenters. The third kappa shape index (κ3) is 4.32. The number of anilines is 1. The lowest BCUT2D eigenvalue weighted by Gasteiger charge is -2.41. The number of para-hydroxylation sites is 1. The summed E-state index contributed by atoms with van der Waals surface area (Å²) in [6, 6.07) is 21.0. The van der Waals surface area contributed by atoms with Crippen LogP contribution in [-0.4, -0.2) is 30.1 Å². The number of benzene rings is 2. The van der Waals surface area contributed by atoms with Crippen LogP contribution in [0.1, 0.15) is 50.0 Å². The van der Waals surface area contributed by atoms with E-state index in [9.17, 15) is 0 Å². The Morgan fingerprint density at radius 1 is 0.769 bits per heavy atom. The molecule has 3 heteroatoms. The van der Waals surface area contributed by atoms with Crippen LogP contribution >= 0.6 is 15.9 Å². The van der Waals surface area contributed by atoms with E-state index in [1.165, 1.54) is 61.8 Å². The van der Waals surface area contributed by atoms with Gasteiger partial charge >= 0.3 is 0 Å². The van der Waals surface area contributed by atoms with Gasteiger partial charge in [-0.15, -0.1) is 0 Å². The minimum absolute atomic E-state index is 0.602. The van der Waals surface area contributed by atoms with E-state index in [-0.39, 0.29) is 0 Å². The highest BCUT2D eigenvalue weighted by molar-refractivity contribution is 9.10. The van der Waals surface area contributed by atoms with Crippen molar-refractivity contribution < 1.29 is 0 Å². The topological polar surface area (TPSA) is 15.3 Å². The summed E-state index contributed by atoms with van der Waals surface area (Å²) in [5.74, 6) is 0.780. The van der Waals surface area contributed by atoms with E-state index in [0.717, 1.165) is 12.0 Å². The van der Waals surface area contributed by atoms with Gasteiger partial charge in [-0.2, -0.15) is 0 Å². The molecule has 2 aromatic rings. The third-order valence-corrected chi connectivity index (χ3v) is 6.94. The predicted molar refractivity (Wildman–Crippen MR) is 114 cm³/mol. The van der Waals surface area contributed by atoms with E-state index in [0.29, 0.717) is 6.04 Å². The summed E-state index contributed by atoms with van der Waals surface area (Å²) < 4.78 is 1.17. The molecule has 2 aromatic carbocycles. The normalized spacial score (nSPS) is 25.1. The summed E-state index contributed by atoms with van der Waals surface area (Å²) in [4.78, 5) is 2.76. The standard InChI is InChI=1S/C23H29BrN2/c24-22-8-4-5-9-23(22)25-20-14-16-26(17-15-20)21-12-10-19(11-13-21)18-6-2-1-3-7-18/h1-9,19-21,25H,10-17H2. The van der Waals surface area contributed by atoms with Crippen molar-refractivity contribution in [2.24, 2.45) is 0 Å². The Bertz CT molecular complexity index is 686. The number of hydrogen-bond acceptors (Lipinski definition) is 2. The van der Waals surface area contributed by atoms with E-state index in [2.05, 4.69) is 80.7 Å². The first-order valence-electron chi connectivity index (χ1n) is 10.1. The zero-order valence-electron chi connectivity index (χ0n) is 15.4. The van der Waals surface area contributed by atoms with Crippen LogP contribution in [0.4, 0.5) is 5.69 Å². The predicted octanol–water partition coefficient (Wildman–Crippen LogP) is 6.05. The number of likely N-dealkylation sites (tertiary alicyclic amines) is 1. The molecule has 2 nitrogen and oxygen atoms in total. The number of hydrogen-bond donors (Lipinski definition) is 1. The lowest BCUT2D eigenvalue weighted by molar-refractivity contribution is 0.120. The first-order chi connectivity index (χ1) is 12.8. The van der Waals surface area contributed by atoms with Gasteiger partial charge in [0.1, 0.15) is 0 Å². The Hall–Kier alpha value is -1.32. The molecule has 26 heavy (non-hydrogen) atoms. The monoisotopic (exact) mass is 412 g/mol. The van der Waals surface area contributed by atoms with Gasteiger partial charge in [-0.1, -0.05) is 42.5 Å². The second kappa shape index (κ2) is 8.58. The van der Waals surface area contributed by atoms with E-state index in [1.807, 2.05) is 0 Å². The molecule has 1 N–H and O–H groups in total. The van der Waals surface area contributed by atoms with E-state index in [4.69, 9.17) is 0 Å². The lowest BCUT2D eigenvalue weighted by Crippen LogP contribution is -2.45. The van der Waals surface area contributed by atoms with Crippen LogP contribution in [0.25, 0.3) is 0 Å². The van der Waals surface area contributed by atoms with Crippen LogP contribution in [0.15, 0.2) is 59.1 Å². The highest BCUT2D eigenvalue weighted by Crippen LogP contribution is 2.35. The van der Waals surface area contributed by atoms with Gasteiger partial charge < -0.3 is 10.2 Å². The highest BCUT2D eigenvalue weighted by atomic mass is 79.9. The number of nitrogens with zero attached hydrogens (tertiary/aromatic N) is 1. The molecule has 0 amide bonds. The lowest BCUT2D eigenvalue weighted by atomic mass is 9.81. The average Bonchev–Trinajstić information content (AvgIpc) is 2.71. The van der Waals surface area contributed by atoms with Crippen LogP contribution < -0.4 is 5.32 Å². The number of nitrogens with one attached hydrogen (secondary N) is 1. The van der Waals surface area contributed by atoms with Crippen molar-refractivity contribution >= 4 is 21.6 Å². The maximum Gasteiger partial charge on any atom is 0.0486 e. The van der Waals surface area contributed by atoms with Crippen molar-refractivity contribution in [3.63, 3.8) is 0 Å². The first-order valence-corrected chi connectivity index (χ1v) is 10.9. The van der Waals surface area contributed by atoms with E-state index < -0.39 is 0 Å². The summed E-state index contributed by atoms with van der Waals surface area (Å²) in [5.41, 5.74) is 2.77. The van der Waals surface area contributed by atoms with Gasteiger partial charge in [0.05, 0.1) is 0 Å². The minimum Gasteiger partial charge on any atom is -0.381 e. The maximum absolute atomic E-state index is 3.73. The third-order valence-electron chi connectivity index (χ3n) is 6.25. The van der Waals surface area contributed by atoms with Crippen LogP contribution in [0.2, 0.25) is 0 Å². The van der Waals surface area contributed by atoms with Crippen LogP contribution in [0.3, 0.4) is 0 Å². The molecule has 4 rings (SSSR count). The number of piperidine rings is 1. The Balaban J connectivity index is 1.25. The molecule has 2 aliphatic rings. The van der Waals surface area contributed by atoms with Gasteiger partial charge in [0.2, 0.25) is 0 Å². The summed E-state index contributed by atoms with van der Waals surface area (Å²) in [7, 11) is 0.